The summed E-state index contributed by atoms with van der Waals surface area (Å²) < 4.78 is 5.81. The smallest absolute Gasteiger partial charge is 0.217 e. The number of allylic oxidation sites excluding steroid dienone is 2. The Morgan fingerprint density at radius 3 is 2.63 bits per heavy atom. The number of carbonyl (C=O) groups excluding carboxylic acids is 1. The number of ether oxygens (including phenoxy) is 1. The Bertz CT molecular complexity index is 463. The van der Waals surface area contributed by atoms with Crippen LogP contribution in [0.5, 0.6) is 0 Å². The Balaban J connectivity index is 2.57. The van der Waals surface area contributed by atoms with Crippen LogP contribution in [0, 0.1) is 11.8 Å². The van der Waals surface area contributed by atoms with Gasteiger partial charge in [-0.25, -0.2) is 0 Å². The van der Waals surface area contributed by atoms with Crippen molar-refractivity contribution in [3.63, 3.8) is 0 Å². The topological polar surface area (TPSA) is 92.8 Å². The molecule has 1 saturated carbocycles. The van der Waals surface area contributed by atoms with Gasteiger partial charge >= 0.3 is 0 Å². The standard InChI is InChI=1S/C22H39NO4/c1-3-5-8-11-17(27-4-2)14-15-19-18(20(24)16-21(19)25)12-9-6-7-10-13-22(23)26/h6,9,14-15,17-21,24-25H,3-5,7-8,10-13,16H2,1-2H3,(H2,23,26). The molecule has 27 heavy (non-hydrogen) atoms. The Morgan fingerprint density at radius 2 is 1.96 bits per heavy atom. The first-order chi connectivity index (χ1) is 13.0. The van der Waals surface area contributed by atoms with Gasteiger partial charge in [-0.1, -0.05) is 50.5 Å². The molecule has 4 N–H and O–H groups in total. The molecule has 0 aromatic rings. The minimum absolute atomic E-state index is 0.0153. The molecule has 0 spiro atoms. The maximum atomic E-state index is 10.7. The van der Waals surface area contributed by atoms with Gasteiger partial charge in [-0.15, -0.1) is 0 Å². The fourth-order valence-electron chi connectivity index (χ4n) is 3.77. The van der Waals surface area contributed by atoms with E-state index in [2.05, 4.69) is 25.2 Å². The normalized spacial score (nSPS) is 27.0. The number of rotatable bonds is 14. The molecule has 0 bridgehead atoms. The van der Waals surface area contributed by atoms with Gasteiger partial charge < -0.3 is 20.7 Å². The molecule has 0 heterocycles. The highest BCUT2D eigenvalue weighted by Crippen LogP contribution is 2.36. The van der Waals surface area contributed by atoms with Gasteiger partial charge in [-0.05, 0) is 38.5 Å². The van der Waals surface area contributed by atoms with Crippen LogP contribution >= 0.6 is 0 Å². The Morgan fingerprint density at radius 1 is 1.19 bits per heavy atom. The maximum absolute atomic E-state index is 10.7. The van der Waals surface area contributed by atoms with Gasteiger partial charge in [0.15, 0.2) is 0 Å². The molecule has 0 aromatic carbocycles. The Kier molecular flexibility index (Phi) is 12.3. The van der Waals surface area contributed by atoms with Crippen molar-refractivity contribution in [2.45, 2.75) is 89.9 Å². The summed E-state index contributed by atoms with van der Waals surface area (Å²) in [5.74, 6) is -0.309. The van der Waals surface area contributed by atoms with Crippen LogP contribution in [0.4, 0.5) is 0 Å². The number of unbranched alkanes of at least 4 members (excludes halogenated alkanes) is 3. The van der Waals surface area contributed by atoms with Crippen LogP contribution in [0.3, 0.4) is 0 Å². The molecule has 5 atom stereocenters. The zero-order valence-electron chi connectivity index (χ0n) is 17.1. The van der Waals surface area contributed by atoms with Crippen LogP contribution < -0.4 is 5.73 Å². The molecule has 0 saturated heterocycles. The summed E-state index contributed by atoms with van der Waals surface area (Å²) in [7, 11) is 0. The van der Waals surface area contributed by atoms with Crippen LogP contribution in [0.15, 0.2) is 24.3 Å². The summed E-state index contributed by atoms with van der Waals surface area (Å²) in [6.07, 6.45) is 14.9. The van der Waals surface area contributed by atoms with Gasteiger partial charge in [-0.2, -0.15) is 0 Å². The second-order valence-electron chi connectivity index (χ2n) is 7.55. The predicted molar refractivity (Wildman–Crippen MR) is 109 cm³/mol. The lowest BCUT2D eigenvalue weighted by Crippen LogP contribution is -2.21. The molecule has 0 aliphatic heterocycles. The average Bonchev–Trinajstić information content (AvgIpc) is 2.88. The van der Waals surface area contributed by atoms with Crippen LogP contribution in [-0.4, -0.2) is 41.0 Å². The number of aliphatic hydroxyl groups is 2. The molecule has 5 nitrogen and oxygen atoms in total. The molecular weight excluding hydrogens is 342 g/mol. The third-order valence-electron chi connectivity index (χ3n) is 5.31. The van der Waals surface area contributed by atoms with E-state index in [0.717, 1.165) is 32.1 Å². The van der Waals surface area contributed by atoms with Gasteiger partial charge in [0.2, 0.25) is 5.91 Å². The zero-order valence-corrected chi connectivity index (χ0v) is 17.1. The van der Waals surface area contributed by atoms with Crippen molar-refractivity contribution in [2.75, 3.05) is 6.61 Å². The number of hydrogen-bond donors (Lipinski definition) is 3. The predicted octanol–water partition coefficient (Wildman–Crippen LogP) is 3.49. The largest absolute Gasteiger partial charge is 0.393 e. The van der Waals surface area contributed by atoms with Crippen LogP contribution in [0.25, 0.3) is 0 Å². The third-order valence-corrected chi connectivity index (χ3v) is 5.31. The SMILES string of the molecule is CCCCCC(C=CC1C(O)CC(O)C1CC=CCCCC(N)=O)OCC. The van der Waals surface area contributed by atoms with Crippen molar-refractivity contribution in [3.05, 3.63) is 24.3 Å². The molecule has 0 aromatic heterocycles. The van der Waals surface area contributed by atoms with Gasteiger partial charge in [0, 0.05) is 25.4 Å². The minimum atomic E-state index is -0.512. The van der Waals surface area contributed by atoms with E-state index in [1.807, 2.05) is 13.0 Å². The van der Waals surface area contributed by atoms with E-state index < -0.39 is 12.2 Å². The van der Waals surface area contributed by atoms with Crippen LogP contribution in [0.2, 0.25) is 0 Å². The van der Waals surface area contributed by atoms with Crippen molar-refractivity contribution in [1.82, 2.24) is 0 Å². The Labute approximate surface area is 164 Å². The maximum Gasteiger partial charge on any atom is 0.217 e. The first-order valence-electron chi connectivity index (χ1n) is 10.6. The highest BCUT2D eigenvalue weighted by molar-refractivity contribution is 5.73. The lowest BCUT2D eigenvalue weighted by atomic mass is 9.89. The highest BCUT2D eigenvalue weighted by Gasteiger charge is 2.39. The second kappa shape index (κ2) is 13.9. The van der Waals surface area contributed by atoms with E-state index in [0.29, 0.717) is 19.4 Å². The van der Waals surface area contributed by atoms with Crippen LogP contribution in [0.1, 0.15) is 71.6 Å². The van der Waals surface area contributed by atoms with Gasteiger partial charge in [0.25, 0.3) is 0 Å². The van der Waals surface area contributed by atoms with E-state index in [-0.39, 0.29) is 23.8 Å². The van der Waals surface area contributed by atoms with E-state index in [1.165, 1.54) is 12.8 Å². The first-order valence-corrected chi connectivity index (χ1v) is 10.6. The number of amides is 1. The first kappa shape index (κ1) is 23.9. The molecule has 5 unspecified atom stereocenters. The third kappa shape index (κ3) is 9.54. The van der Waals surface area contributed by atoms with Gasteiger partial charge in [0.1, 0.15) is 0 Å². The highest BCUT2D eigenvalue weighted by atomic mass is 16.5. The number of primary amides is 1. The van der Waals surface area contributed by atoms with Gasteiger partial charge in [0.05, 0.1) is 18.3 Å². The van der Waals surface area contributed by atoms with E-state index in [4.69, 9.17) is 10.5 Å². The molecule has 1 amide bonds. The second-order valence-corrected chi connectivity index (χ2v) is 7.55. The minimum Gasteiger partial charge on any atom is -0.393 e. The van der Waals surface area contributed by atoms with Crippen molar-refractivity contribution in [2.24, 2.45) is 17.6 Å². The fourth-order valence-corrected chi connectivity index (χ4v) is 3.77. The fraction of sp³-hybridized carbons (Fsp3) is 0.773. The van der Waals surface area contributed by atoms with Crippen molar-refractivity contribution in [3.8, 4) is 0 Å². The van der Waals surface area contributed by atoms with Crippen molar-refractivity contribution < 1.29 is 19.7 Å². The summed E-state index contributed by atoms with van der Waals surface area (Å²) in [5.41, 5.74) is 5.13. The van der Waals surface area contributed by atoms with E-state index >= 15 is 0 Å². The van der Waals surface area contributed by atoms with Gasteiger partial charge in [-0.3, -0.25) is 4.79 Å². The number of hydrogen-bond acceptors (Lipinski definition) is 4. The molecule has 1 aliphatic rings. The summed E-state index contributed by atoms with van der Waals surface area (Å²) >= 11 is 0. The summed E-state index contributed by atoms with van der Waals surface area (Å²) in [6, 6.07) is 0. The lowest BCUT2D eigenvalue weighted by molar-refractivity contribution is -0.118. The molecule has 5 heteroatoms. The summed E-state index contributed by atoms with van der Waals surface area (Å²) in [4.78, 5) is 10.7. The van der Waals surface area contributed by atoms with Crippen LogP contribution in [-0.2, 0) is 9.53 Å². The van der Waals surface area contributed by atoms with E-state index in [1.54, 1.807) is 0 Å². The van der Waals surface area contributed by atoms with Crippen molar-refractivity contribution in [1.29, 1.82) is 0 Å². The number of carbonyl (C=O) groups is 1. The molecule has 156 valence electrons. The Hall–Kier alpha value is -1.17. The lowest BCUT2D eigenvalue weighted by Gasteiger charge is -2.20. The molecule has 0 radical (unpaired) electrons. The summed E-state index contributed by atoms with van der Waals surface area (Å²) in [5, 5.41) is 20.7. The molecular formula is C22H39NO4. The zero-order chi connectivity index (χ0) is 20.1. The molecule has 1 aliphatic carbocycles. The molecule has 1 rings (SSSR count). The number of nitrogens with two attached hydrogens (primary N) is 1. The monoisotopic (exact) mass is 381 g/mol. The quantitative estimate of drug-likeness (QED) is 0.317. The average molecular weight is 382 g/mol. The molecule has 1 fully saturated rings. The van der Waals surface area contributed by atoms with Crippen molar-refractivity contribution >= 4 is 5.91 Å². The van der Waals surface area contributed by atoms with E-state index in [9.17, 15) is 15.0 Å². The summed E-state index contributed by atoms with van der Waals surface area (Å²) in [6.45, 7) is 4.86. The number of aliphatic hydroxyl groups excluding tert-OH is 2.